The Morgan fingerprint density at radius 2 is 1.67 bits per heavy atom. The standard InChI is InChI=1S/C12H17NO4.ClH/c1-15-10-4-9(5-11(6-10)16-2)7-13-8-12(14)17-3;/h4-6,13H,7-8H2,1-3H3;1H. The second kappa shape index (κ2) is 8.60. The van der Waals surface area contributed by atoms with Gasteiger partial charge in [-0.15, -0.1) is 12.4 Å². The van der Waals surface area contributed by atoms with E-state index in [2.05, 4.69) is 10.1 Å². The van der Waals surface area contributed by atoms with Crippen molar-refractivity contribution in [3.63, 3.8) is 0 Å². The van der Waals surface area contributed by atoms with Gasteiger partial charge in [0.05, 0.1) is 27.9 Å². The van der Waals surface area contributed by atoms with Crippen molar-refractivity contribution in [2.45, 2.75) is 6.54 Å². The summed E-state index contributed by atoms with van der Waals surface area (Å²) in [7, 11) is 4.56. The highest BCUT2D eigenvalue weighted by molar-refractivity contribution is 5.85. The fourth-order valence-corrected chi connectivity index (χ4v) is 1.35. The SMILES string of the molecule is COC(=O)CNCc1cc(OC)cc(OC)c1.Cl. The van der Waals surface area contributed by atoms with Crippen LogP contribution in [0, 0.1) is 0 Å². The van der Waals surface area contributed by atoms with Crippen LogP contribution in [0.15, 0.2) is 18.2 Å². The lowest BCUT2D eigenvalue weighted by Gasteiger charge is -2.09. The number of esters is 1. The molecular weight excluding hydrogens is 258 g/mol. The minimum atomic E-state index is -0.292. The fourth-order valence-electron chi connectivity index (χ4n) is 1.35. The van der Waals surface area contributed by atoms with E-state index in [0.717, 1.165) is 17.1 Å². The van der Waals surface area contributed by atoms with E-state index >= 15 is 0 Å². The zero-order chi connectivity index (χ0) is 12.7. The summed E-state index contributed by atoms with van der Waals surface area (Å²) in [6.07, 6.45) is 0. The van der Waals surface area contributed by atoms with E-state index in [-0.39, 0.29) is 24.9 Å². The van der Waals surface area contributed by atoms with Crippen LogP contribution in [0.5, 0.6) is 11.5 Å². The Labute approximate surface area is 113 Å². The molecule has 1 aromatic rings. The third-order valence-corrected chi connectivity index (χ3v) is 2.24. The molecule has 102 valence electrons. The monoisotopic (exact) mass is 275 g/mol. The Bertz CT molecular complexity index is 362. The normalized spacial score (nSPS) is 9.28. The molecule has 0 aliphatic carbocycles. The average molecular weight is 276 g/mol. The highest BCUT2D eigenvalue weighted by Gasteiger charge is 2.03. The predicted molar refractivity (Wildman–Crippen MR) is 70.5 cm³/mol. The van der Waals surface area contributed by atoms with Gasteiger partial charge in [-0.25, -0.2) is 0 Å². The number of hydrogen-bond donors (Lipinski definition) is 1. The van der Waals surface area contributed by atoms with Gasteiger partial charge < -0.3 is 19.5 Å². The van der Waals surface area contributed by atoms with Crippen molar-refractivity contribution in [1.29, 1.82) is 0 Å². The van der Waals surface area contributed by atoms with E-state index in [9.17, 15) is 4.79 Å². The third kappa shape index (κ3) is 5.25. The van der Waals surface area contributed by atoms with Crippen LogP contribution >= 0.6 is 12.4 Å². The molecule has 0 saturated carbocycles. The molecule has 0 aromatic heterocycles. The molecule has 5 nitrogen and oxygen atoms in total. The van der Waals surface area contributed by atoms with Crippen molar-refractivity contribution < 1.29 is 19.0 Å². The Morgan fingerprint density at radius 3 is 2.11 bits per heavy atom. The van der Waals surface area contributed by atoms with Crippen LogP contribution in [0.1, 0.15) is 5.56 Å². The zero-order valence-corrected chi connectivity index (χ0v) is 11.5. The highest BCUT2D eigenvalue weighted by Crippen LogP contribution is 2.22. The predicted octanol–water partition coefficient (Wildman–Crippen LogP) is 1.39. The summed E-state index contributed by atoms with van der Waals surface area (Å²) in [6.45, 7) is 0.721. The van der Waals surface area contributed by atoms with Crippen LogP contribution < -0.4 is 14.8 Å². The van der Waals surface area contributed by atoms with Crippen molar-refractivity contribution in [2.24, 2.45) is 0 Å². The molecule has 18 heavy (non-hydrogen) atoms. The first kappa shape index (κ1) is 16.5. The number of halogens is 1. The second-order valence-electron chi connectivity index (χ2n) is 3.40. The van der Waals surface area contributed by atoms with Gasteiger partial charge in [0.25, 0.3) is 0 Å². The minimum absolute atomic E-state index is 0. The number of hydrogen-bond acceptors (Lipinski definition) is 5. The van der Waals surface area contributed by atoms with Crippen LogP contribution in [0.4, 0.5) is 0 Å². The van der Waals surface area contributed by atoms with Crippen molar-refractivity contribution >= 4 is 18.4 Å². The molecule has 0 aliphatic heterocycles. The molecule has 0 aliphatic rings. The van der Waals surface area contributed by atoms with Gasteiger partial charge in [-0.1, -0.05) is 0 Å². The molecule has 0 heterocycles. The molecule has 6 heteroatoms. The average Bonchev–Trinajstić information content (AvgIpc) is 2.37. The van der Waals surface area contributed by atoms with Crippen LogP contribution in [-0.4, -0.2) is 33.8 Å². The van der Waals surface area contributed by atoms with E-state index in [1.54, 1.807) is 20.3 Å². The van der Waals surface area contributed by atoms with E-state index in [4.69, 9.17) is 9.47 Å². The van der Waals surface area contributed by atoms with Gasteiger partial charge in [-0.2, -0.15) is 0 Å². The topological polar surface area (TPSA) is 56.8 Å². The Balaban J connectivity index is 0.00000289. The number of rotatable bonds is 6. The van der Waals surface area contributed by atoms with Crippen molar-refractivity contribution in [2.75, 3.05) is 27.9 Å². The molecule has 0 fully saturated rings. The fraction of sp³-hybridized carbons (Fsp3) is 0.417. The van der Waals surface area contributed by atoms with Crippen molar-refractivity contribution in [1.82, 2.24) is 5.32 Å². The molecular formula is C12H18ClNO4. The number of methoxy groups -OCH3 is 3. The maximum Gasteiger partial charge on any atom is 0.319 e. The summed E-state index contributed by atoms with van der Waals surface area (Å²) < 4.78 is 14.8. The van der Waals surface area contributed by atoms with E-state index in [1.165, 1.54) is 7.11 Å². The van der Waals surface area contributed by atoms with Gasteiger partial charge in [0.15, 0.2) is 0 Å². The largest absolute Gasteiger partial charge is 0.497 e. The molecule has 0 amide bonds. The number of carbonyl (C=O) groups is 1. The summed E-state index contributed by atoms with van der Waals surface area (Å²) in [5, 5.41) is 2.97. The first-order chi connectivity index (χ1) is 8.19. The van der Waals surface area contributed by atoms with Gasteiger partial charge in [-0.05, 0) is 17.7 Å². The van der Waals surface area contributed by atoms with E-state index in [1.807, 2.05) is 12.1 Å². The first-order valence-electron chi connectivity index (χ1n) is 5.19. The summed E-state index contributed by atoms with van der Waals surface area (Å²) >= 11 is 0. The maximum absolute atomic E-state index is 10.9. The van der Waals surface area contributed by atoms with Crippen molar-refractivity contribution in [3.8, 4) is 11.5 Å². The second-order valence-corrected chi connectivity index (χ2v) is 3.40. The van der Waals surface area contributed by atoms with Crippen molar-refractivity contribution in [3.05, 3.63) is 23.8 Å². The number of benzene rings is 1. The molecule has 1 aromatic carbocycles. The lowest BCUT2D eigenvalue weighted by Crippen LogP contribution is -2.23. The van der Waals surface area contributed by atoms with Gasteiger partial charge >= 0.3 is 5.97 Å². The lowest BCUT2D eigenvalue weighted by molar-refractivity contribution is -0.139. The minimum Gasteiger partial charge on any atom is -0.497 e. The molecule has 0 bridgehead atoms. The number of carbonyl (C=O) groups excluding carboxylic acids is 1. The van der Waals surface area contributed by atoms with Crippen LogP contribution in [-0.2, 0) is 16.1 Å². The Morgan fingerprint density at radius 1 is 1.11 bits per heavy atom. The van der Waals surface area contributed by atoms with E-state index < -0.39 is 0 Å². The summed E-state index contributed by atoms with van der Waals surface area (Å²) in [5.74, 6) is 1.15. The van der Waals surface area contributed by atoms with Gasteiger partial charge in [0, 0.05) is 12.6 Å². The van der Waals surface area contributed by atoms with Gasteiger partial charge in [-0.3, -0.25) is 4.79 Å². The van der Waals surface area contributed by atoms with Crippen LogP contribution in [0.25, 0.3) is 0 Å². The maximum atomic E-state index is 10.9. The molecule has 1 rings (SSSR count). The molecule has 1 N–H and O–H groups in total. The molecule has 0 atom stereocenters. The summed E-state index contributed by atoms with van der Waals surface area (Å²) in [5.41, 5.74) is 0.977. The van der Waals surface area contributed by atoms with Gasteiger partial charge in [0.1, 0.15) is 11.5 Å². The van der Waals surface area contributed by atoms with Crippen LogP contribution in [0.3, 0.4) is 0 Å². The molecule has 0 spiro atoms. The number of nitrogens with one attached hydrogen (secondary N) is 1. The van der Waals surface area contributed by atoms with Crippen LogP contribution in [0.2, 0.25) is 0 Å². The van der Waals surface area contributed by atoms with E-state index in [0.29, 0.717) is 6.54 Å². The molecule has 0 unspecified atom stereocenters. The van der Waals surface area contributed by atoms with Gasteiger partial charge in [0.2, 0.25) is 0 Å². The smallest absolute Gasteiger partial charge is 0.319 e. The quantitative estimate of drug-likeness (QED) is 0.795. The third-order valence-electron chi connectivity index (χ3n) is 2.24. The zero-order valence-electron chi connectivity index (χ0n) is 10.7. The summed E-state index contributed by atoms with van der Waals surface area (Å²) in [6, 6.07) is 5.56. The summed E-state index contributed by atoms with van der Waals surface area (Å²) in [4.78, 5) is 10.9. The first-order valence-corrected chi connectivity index (χ1v) is 5.19. The Kier molecular flexibility index (Phi) is 7.91. The molecule has 0 radical (unpaired) electrons. The molecule has 0 saturated heterocycles. The highest BCUT2D eigenvalue weighted by atomic mass is 35.5. The lowest BCUT2D eigenvalue weighted by atomic mass is 10.2. The Hall–Kier alpha value is -1.46. The number of ether oxygens (including phenoxy) is 3.